The number of aromatic hydroxyl groups is 1. The maximum atomic E-state index is 12.0. The summed E-state index contributed by atoms with van der Waals surface area (Å²) in [5.74, 6) is -0.634. The highest BCUT2D eigenvalue weighted by Crippen LogP contribution is 2.37. The number of hydrogen-bond acceptors (Lipinski definition) is 6. The summed E-state index contributed by atoms with van der Waals surface area (Å²) in [5, 5.41) is 10.1. The number of nitrogens with zero attached hydrogens (tertiary/aromatic N) is 2. The fraction of sp³-hybridized carbons (Fsp3) is 0.211. The first-order valence-corrected chi connectivity index (χ1v) is 7.99. The Kier molecular flexibility index (Phi) is 4.79. The van der Waals surface area contributed by atoms with Gasteiger partial charge in [0.1, 0.15) is 11.6 Å². The molecule has 3 aromatic rings. The fourth-order valence-corrected chi connectivity index (χ4v) is 2.44. The number of oxazole rings is 1. The summed E-state index contributed by atoms with van der Waals surface area (Å²) in [6.45, 7) is 3.70. The Morgan fingerprint density at radius 3 is 2.68 bits per heavy atom. The summed E-state index contributed by atoms with van der Waals surface area (Å²) >= 11 is 0. The first-order valence-electron chi connectivity index (χ1n) is 7.99. The van der Waals surface area contributed by atoms with Gasteiger partial charge in [-0.15, -0.1) is 0 Å². The Hall–Kier alpha value is -3.15. The van der Waals surface area contributed by atoms with E-state index in [1.165, 1.54) is 6.20 Å². The number of carbonyl (C=O) groups is 1. The molecule has 1 unspecified atom stereocenters. The molecule has 6 heteroatoms. The third kappa shape index (κ3) is 3.38. The molecular weight excluding hydrogens is 320 g/mol. The zero-order valence-electron chi connectivity index (χ0n) is 14.0. The van der Waals surface area contributed by atoms with Crippen LogP contribution in [0.5, 0.6) is 5.88 Å². The average Bonchev–Trinajstić information content (AvgIpc) is 3.07. The van der Waals surface area contributed by atoms with E-state index in [2.05, 4.69) is 9.97 Å². The molecule has 0 saturated heterocycles. The van der Waals surface area contributed by atoms with Gasteiger partial charge in [-0.1, -0.05) is 30.3 Å². The normalized spacial score (nSPS) is 11.9. The highest BCUT2D eigenvalue weighted by molar-refractivity contribution is 5.81. The third-order valence-corrected chi connectivity index (χ3v) is 3.73. The van der Waals surface area contributed by atoms with Crippen molar-refractivity contribution in [1.82, 2.24) is 9.97 Å². The molecule has 0 amide bonds. The van der Waals surface area contributed by atoms with E-state index in [9.17, 15) is 9.90 Å². The minimum atomic E-state index is -0.657. The predicted octanol–water partition coefficient (Wildman–Crippen LogP) is 3.78. The Morgan fingerprint density at radius 1 is 1.24 bits per heavy atom. The van der Waals surface area contributed by atoms with Crippen LogP contribution < -0.4 is 0 Å². The maximum absolute atomic E-state index is 12.0. The van der Waals surface area contributed by atoms with E-state index in [0.717, 1.165) is 5.56 Å². The molecular formula is C19H18N2O4. The summed E-state index contributed by atoms with van der Waals surface area (Å²) in [5.41, 5.74) is 1.76. The predicted molar refractivity (Wildman–Crippen MR) is 91.9 cm³/mol. The Labute approximate surface area is 145 Å². The molecule has 2 aromatic heterocycles. The van der Waals surface area contributed by atoms with Crippen molar-refractivity contribution in [3.05, 3.63) is 54.6 Å². The van der Waals surface area contributed by atoms with Gasteiger partial charge < -0.3 is 14.3 Å². The second-order valence-corrected chi connectivity index (χ2v) is 5.44. The van der Waals surface area contributed by atoms with Crippen molar-refractivity contribution in [2.75, 3.05) is 6.61 Å². The van der Waals surface area contributed by atoms with E-state index in [0.29, 0.717) is 17.0 Å². The van der Waals surface area contributed by atoms with Crippen LogP contribution in [0.2, 0.25) is 0 Å². The topological polar surface area (TPSA) is 85.5 Å². The van der Waals surface area contributed by atoms with Gasteiger partial charge in [0.05, 0.1) is 12.2 Å². The van der Waals surface area contributed by atoms with E-state index < -0.39 is 11.9 Å². The lowest BCUT2D eigenvalue weighted by Gasteiger charge is -2.06. The number of hydrogen-bond donors (Lipinski definition) is 1. The Morgan fingerprint density at radius 2 is 2.00 bits per heavy atom. The van der Waals surface area contributed by atoms with Gasteiger partial charge in [-0.3, -0.25) is 4.79 Å². The van der Waals surface area contributed by atoms with Crippen molar-refractivity contribution >= 4 is 5.97 Å². The first-order chi connectivity index (χ1) is 12.1. The maximum Gasteiger partial charge on any atom is 0.318 e. The summed E-state index contributed by atoms with van der Waals surface area (Å²) in [6, 6.07) is 12.8. The zero-order chi connectivity index (χ0) is 17.8. The van der Waals surface area contributed by atoms with Crippen molar-refractivity contribution in [2.24, 2.45) is 0 Å². The second-order valence-electron chi connectivity index (χ2n) is 5.44. The van der Waals surface area contributed by atoms with Gasteiger partial charge in [0, 0.05) is 11.8 Å². The number of rotatable bonds is 5. The molecule has 0 bridgehead atoms. The van der Waals surface area contributed by atoms with Gasteiger partial charge in [0.2, 0.25) is 11.8 Å². The van der Waals surface area contributed by atoms with Crippen LogP contribution >= 0.6 is 0 Å². The van der Waals surface area contributed by atoms with Crippen LogP contribution in [0.15, 0.2) is 53.1 Å². The number of benzene rings is 1. The average molecular weight is 338 g/mol. The molecule has 0 saturated carbocycles. The molecule has 0 aliphatic heterocycles. The molecule has 128 valence electrons. The van der Waals surface area contributed by atoms with E-state index in [1.807, 2.05) is 30.3 Å². The molecule has 1 N–H and O–H groups in total. The second kappa shape index (κ2) is 7.17. The highest BCUT2D eigenvalue weighted by atomic mass is 16.5. The Balaban J connectivity index is 2.13. The van der Waals surface area contributed by atoms with E-state index in [1.54, 1.807) is 26.0 Å². The van der Waals surface area contributed by atoms with Crippen molar-refractivity contribution in [2.45, 2.75) is 19.8 Å². The molecule has 6 nitrogen and oxygen atoms in total. The molecule has 0 spiro atoms. The monoisotopic (exact) mass is 338 g/mol. The summed E-state index contributed by atoms with van der Waals surface area (Å²) < 4.78 is 10.9. The van der Waals surface area contributed by atoms with Gasteiger partial charge in [0.15, 0.2) is 5.76 Å². The summed E-state index contributed by atoms with van der Waals surface area (Å²) in [6.07, 6.45) is 1.49. The lowest BCUT2D eigenvalue weighted by Crippen LogP contribution is -2.13. The third-order valence-electron chi connectivity index (χ3n) is 3.73. The lowest BCUT2D eigenvalue weighted by atomic mass is 10.1. The first kappa shape index (κ1) is 16.7. The quantitative estimate of drug-likeness (QED) is 0.713. The largest absolute Gasteiger partial charge is 0.493 e. The minimum Gasteiger partial charge on any atom is -0.493 e. The zero-order valence-corrected chi connectivity index (χ0v) is 14.0. The van der Waals surface area contributed by atoms with Crippen LogP contribution in [0.3, 0.4) is 0 Å². The lowest BCUT2D eigenvalue weighted by molar-refractivity contribution is -0.145. The number of ether oxygens (including phenoxy) is 1. The van der Waals surface area contributed by atoms with Gasteiger partial charge in [-0.2, -0.15) is 0 Å². The molecule has 0 fully saturated rings. The van der Waals surface area contributed by atoms with Crippen molar-refractivity contribution < 1.29 is 19.1 Å². The fourth-order valence-electron chi connectivity index (χ4n) is 2.44. The van der Waals surface area contributed by atoms with Crippen LogP contribution in [0.25, 0.3) is 22.6 Å². The van der Waals surface area contributed by atoms with Crippen LogP contribution in [0.1, 0.15) is 25.7 Å². The molecule has 25 heavy (non-hydrogen) atoms. The van der Waals surface area contributed by atoms with Gasteiger partial charge >= 0.3 is 5.97 Å². The van der Waals surface area contributed by atoms with E-state index in [4.69, 9.17) is 9.15 Å². The van der Waals surface area contributed by atoms with Crippen LogP contribution in [0.4, 0.5) is 0 Å². The number of esters is 1. The van der Waals surface area contributed by atoms with Crippen LogP contribution in [0, 0.1) is 0 Å². The smallest absolute Gasteiger partial charge is 0.318 e. The van der Waals surface area contributed by atoms with Crippen molar-refractivity contribution in [3.8, 4) is 28.5 Å². The van der Waals surface area contributed by atoms with E-state index in [-0.39, 0.29) is 18.4 Å². The molecule has 1 atom stereocenters. The van der Waals surface area contributed by atoms with Gasteiger partial charge in [0.25, 0.3) is 0 Å². The molecule has 0 aliphatic rings. The van der Waals surface area contributed by atoms with Gasteiger partial charge in [-0.05, 0) is 26.0 Å². The molecule has 0 radical (unpaired) electrons. The van der Waals surface area contributed by atoms with Crippen LogP contribution in [-0.2, 0) is 9.53 Å². The van der Waals surface area contributed by atoms with E-state index >= 15 is 0 Å². The number of aromatic nitrogens is 2. The minimum absolute atomic E-state index is 0.161. The molecule has 0 aliphatic carbocycles. The number of carbonyl (C=O) groups excluding carboxylic acids is 1. The number of pyridine rings is 1. The van der Waals surface area contributed by atoms with Crippen molar-refractivity contribution in [1.29, 1.82) is 0 Å². The van der Waals surface area contributed by atoms with Crippen molar-refractivity contribution in [3.63, 3.8) is 0 Å². The van der Waals surface area contributed by atoms with Gasteiger partial charge in [-0.25, -0.2) is 9.97 Å². The standard InChI is InChI=1S/C19H18N2O4/c1-3-24-19(23)12(2)18-21-15(13-8-5-4-6-9-13)16(25-18)14-10-7-11-20-17(14)22/h4-12H,3H2,1-2H3,(H,20,22). The summed E-state index contributed by atoms with van der Waals surface area (Å²) in [7, 11) is 0. The molecule has 1 aromatic carbocycles. The Bertz CT molecular complexity index is 874. The molecule has 2 heterocycles. The SMILES string of the molecule is CCOC(=O)C(C)c1nc(-c2ccccc2)c(-c2cccnc2O)o1. The molecule has 3 rings (SSSR count). The summed E-state index contributed by atoms with van der Waals surface area (Å²) in [4.78, 5) is 20.4. The van der Waals surface area contributed by atoms with Crippen LogP contribution in [-0.4, -0.2) is 27.7 Å². The highest BCUT2D eigenvalue weighted by Gasteiger charge is 2.26.